The van der Waals surface area contributed by atoms with Gasteiger partial charge in [-0.15, -0.1) is 0 Å². The Morgan fingerprint density at radius 3 is 2.82 bits per heavy atom. The molecule has 116 valence electrons. The first kappa shape index (κ1) is 14.9. The van der Waals surface area contributed by atoms with Crippen molar-refractivity contribution in [1.29, 1.82) is 0 Å². The summed E-state index contributed by atoms with van der Waals surface area (Å²) in [7, 11) is 0. The molecule has 2 aromatic rings. The van der Waals surface area contributed by atoms with Crippen LogP contribution in [-0.4, -0.2) is 40.5 Å². The standard InChI is InChI=1S/C16H20N4O2/c1-12-10-14(18-7-5-16(2)21-8-9-22-16)20-15(19-12)13-4-3-6-17-11-13/h3-4,6,10-11H,5,7-9H2,1-2H3,(H,18,19,20). The van der Waals surface area contributed by atoms with Crippen molar-refractivity contribution >= 4 is 5.82 Å². The topological polar surface area (TPSA) is 69.2 Å². The summed E-state index contributed by atoms with van der Waals surface area (Å²) in [6, 6.07) is 5.76. The van der Waals surface area contributed by atoms with E-state index in [4.69, 9.17) is 9.47 Å². The second-order valence-corrected chi connectivity index (χ2v) is 5.47. The van der Waals surface area contributed by atoms with Crippen molar-refractivity contribution in [3.05, 3.63) is 36.3 Å². The number of hydrogen-bond donors (Lipinski definition) is 1. The zero-order chi connectivity index (χ0) is 15.4. The van der Waals surface area contributed by atoms with E-state index in [9.17, 15) is 0 Å². The Balaban J connectivity index is 1.68. The average molecular weight is 300 g/mol. The zero-order valence-electron chi connectivity index (χ0n) is 12.9. The average Bonchev–Trinajstić information content (AvgIpc) is 2.94. The molecule has 0 atom stereocenters. The van der Waals surface area contributed by atoms with Gasteiger partial charge < -0.3 is 14.8 Å². The molecule has 0 amide bonds. The van der Waals surface area contributed by atoms with Crippen LogP contribution in [-0.2, 0) is 9.47 Å². The van der Waals surface area contributed by atoms with E-state index in [0.29, 0.717) is 19.0 Å². The van der Waals surface area contributed by atoms with Crippen LogP contribution >= 0.6 is 0 Å². The van der Waals surface area contributed by atoms with Crippen molar-refractivity contribution in [2.45, 2.75) is 26.1 Å². The van der Waals surface area contributed by atoms with Crippen LogP contribution in [0.15, 0.2) is 30.6 Å². The summed E-state index contributed by atoms with van der Waals surface area (Å²) in [6.45, 7) is 5.97. The van der Waals surface area contributed by atoms with Gasteiger partial charge >= 0.3 is 0 Å². The van der Waals surface area contributed by atoms with Gasteiger partial charge in [0.2, 0.25) is 0 Å². The van der Waals surface area contributed by atoms with Crippen LogP contribution in [0.5, 0.6) is 0 Å². The molecule has 2 aromatic heterocycles. The van der Waals surface area contributed by atoms with E-state index in [-0.39, 0.29) is 0 Å². The Morgan fingerprint density at radius 1 is 1.27 bits per heavy atom. The van der Waals surface area contributed by atoms with Crippen molar-refractivity contribution < 1.29 is 9.47 Å². The lowest BCUT2D eigenvalue weighted by molar-refractivity contribution is -0.144. The van der Waals surface area contributed by atoms with Crippen LogP contribution < -0.4 is 5.32 Å². The fourth-order valence-corrected chi connectivity index (χ4v) is 2.40. The SMILES string of the molecule is Cc1cc(NCCC2(C)OCCO2)nc(-c2cccnc2)n1. The first-order valence-corrected chi connectivity index (χ1v) is 7.42. The number of pyridine rings is 1. The molecule has 1 fully saturated rings. The van der Waals surface area contributed by atoms with Crippen LogP contribution in [0.4, 0.5) is 5.82 Å². The maximum Gasteiger partial charge on any atom is 0.167 e. The first-order valence-electron chi connectivity index (χ1n) is 7.42. The Morgan fingerprint density at radius 2 is 2.09 bits per heavy atom. The highest BCUT2D eigenvalue weighted by Gasteiger charge is 2.30. The van der Waals surface area contributed by atoms with Crippen LogP contribution in [0.3, 0.4) is 0 Å². The Hall–Kier alpha value is -2.05. The molecular formula is C16H20N4O2. The monoisotopic (exact) mass is 300 g/mol. The number of anilines is 1. The van der Waals surface area contributed by atoms with Crippen LogP contribution in [0, 0.1) is 6.92 Å². The van der Waals surface area contributed by atoms with Crippen LogP contribution in [0.2, 0.25) is 0 Å². The van der Waals surface area contributed by atoms with E-state index >= 15 is 0 Å². The number of hydrogen-bond acceptors (Lipinski definition) is 6. The predicted octanol–water partition coefficient (Wildman–Crippen LogP) is 2.41. The van der Waals surface area contributed by atoms with Gasteiger partial charge in [-0.2, -0.15) is 0 Å². The van der Waals surface area contributed by atoms with Gasteiger partial charge in [-0.25, -0.2) is 9.97 Å². The Labute approximate surface area is 129 Å². The molecule has 6 heteroatoms. The highest BCUT2D eigenvalue weighted by atomic mass is 16.7. The molecule has 0 aliphatic carbocycles. The second kappa shape index (κ2) is 6.37. The molecule has 1 aliphatic rings. The van der Waals surface area contributed by atoms with Gasteiger partial charge in [-0.3, -0.25) is 4.98 Å². The van der Waals surface area contributed by atoms with Gasteiger partial charge in [-0.05, 0) is 26.0 Å². The van der Waals surface area contributed by atoms with Crippen LogP contribution in [0.1, 0.15) is 19.0 Å². The van der Waals surface area contributed by atoms with Gasteiger partial charge in [0.25, 0.3) is 0 Å². The zero-order valence-corrected chi connectivity index (χ0v) is 12.9. The molecule has 0 unspecified atom stereocenters. The molecule has 0 spiro atoms. The van der Waals surface area contributed by atoms with Gasteiger partial charge in [0.15, 0.2) is 11.6 Å². The van der Waals surface area contributed by atoms with Gasteiger partial charge in [-0.1, -0.05) is 0 Å². The fourth-order valence-electron chi connectivity index (χ4n) is 2.40. The lowest BCUT2D eigenvalue weighted by Gasteiger charge is -2.22. The molecule has 0 bridgehead atoms. The van der Waals surface area contributed by atoms with Crippen molar-refractivity contribution in [1.82, 2.24) is 15.0 Å². The third-order valence-electron chi connectivity index (χ3n) is 3.56. The molecule has 6 nitrogen and oxygen atoms in total. The van der Waals surface area contributed by atoms with Crippen molar-refractivity contribution in [2.24, 2.45) is 0 Å². The molecular weight excluding hydrogens is 280 g/mol. The molecule has 3 heterocycles. The molecule has 0 radical (unpaired) electrons. The van der Waals surface area contributed by atoms with Gasteiger partial charge in [0, 0.05) is 42.7 Å². The van der Waals surface area contributed by atoms with E-state index in [0.717, 1.165) is 30.0 Å². The van der Waals surface area contributed by atoms with Crippen LogP contribution in [0.25, 0.3) is 11.4 Å². The molecule has 1 saturated heterocycles. The normalized spacial score (nSPS) is 16.6. The van der Waals surface area contributed by atoms with E-state index < -0.39 is 5.79 Å². The maximum absolute atomic E-state index is 5.59. The third kappa shape index (κ3) is 3.58. The molecule has 1 aliphatic heterocycles. The van der Waals surface area contributed by atoms with Crippen molar-refractivity contribution in [3.8, 4) is 11.4 Å². The molecule has 22 heavy (non-hydrogen) atoms. The highest BCUT2D eigenvalue weighted by Crippen LogP contribution is 2.23. The fraction of sp³-hybridized carbons (Fsp3) is 0.438. The van der Waals surface area contributed by atoms with E-state index in [1.54, 1.807) is 12.4 Å². The van der Waals surface area contributed by atoms with Crippen molar-refractivity contribution in [2.75, 3.05) is 25.1 Å². The summed E-state index contributed by atoms with van der Waals surface area (Å²) < 4.78 is 11.2. The smallest absolute Gasteiger partial charge is 0.167 e. The Kier molecular flexibility index (Phi) is 4.31. The molecule has 1 N–H and O–H groups in total. The second-order valence-electron chi connectivity index (χ2n) is 5.47. The largest absolute Gasteiger partial charge is 0.370 e. The minimum absolute atomic E-state index is 0.485. The maximum atomic E-state index is 5.59. The Bertz CT molecular complexity index is 627. The molecule has 0 aromatic carbocycles. The summed E-state index contributed by atoms with van der Waals surface area (Å²) in [5.74, 6) is 0.990. The highest BCUT2D eigenvalue weighted by molar-refractivity contribution is 5.56. The number of rotatable bonds is 5. The third-order valence-corrected chi connectivity index (χ3v) is 3.56. The molecule has 3 rings (SSSR count). The number of nitrogens with one attached hydrogen (secondary N) is 1. The number of nitrogens with zero attached hydrogens (tertiary/aromatic N) is 3. The summed E-state index contributed by atoms with van der Waals surface area (Å²) in [4.78, 5) is 13.1. The summed E-state index contributed by atoms with van der Waals surface area (Å²) in [6.07, 6.45) is 4.26. The number of ether oxygens (including phenoxy) is 2. The minimum Gasteiger partial charge on any atom is -0.370 e. The molecule has 0 saturated carbocycles. The first-order chi connectivity index (χ1) is 10.6. The lowest BCUT2D eigenvalue weighted by Crippen LogP contribution is -2.28. The summed E-state index contributed by atoms with van der Waals surface area (Å²) in [5.41, 5.74) is 1.82. The van der Waals surface area contributed by atoms with Gasteiger partial charge in [0.1, 0.15) is 5.82 Å². The van der Waals surface area contributed by atoms with E-state index in [1.807, 2.05) is 32.0 Å². The minimum atomic E-state index is -0.485. The number of aromatic nitrogens is 3. The predicted molar refractivity (Wildman–Crippen MR) is 83.4 cm³/mol. The van der Waals surface area contributed by atoms with E-state index in [2.05, 4.69) is 20.3 Å². The van der Waals surface area contributed by atoms with E-state index in [1.165, 1.54) is 0 Å². The summed E-state index contributed by atoms with van der Waals surface area (Å²) >= 11 is 0. The van der Waals surface area contributed by atoms with Crippen molar-refractivity contribution in [3.63, 3.8) is 0 Å². The lowest BCUT2D eigenvalue weighted by atomic mass is 10.2. The summed E-state index contributed by atoms with van der Waals surface area (Å²) in [5, 5.41) is 3.32. The number of aryl methyl sites for hydroxylation is 1. The van der Waals surface area contributed by atoms with Gasteiger partial charge in [0.05, 0.1) is 13.2 Å². The quantitative estimate of drug-likeness (QED) is 0.914.